The lowest BCUT2D eigenvalue weighted by Crippen LogP contribution is -2.26. The molecule has 2 aromatic heterocycles. The summed E-state index contributed by atoms with van der Waals surface area (Å²) in [6.45, 7) is 1.75. The predicted molar refractivity (Wildman–Crippen MR) is 41.2 cm³/mol. The molecule has 6 heteroatoms. The Morgan fingerprint density at radius 1 is 1.50 bits per heavy atom. The number of aromatic amines is 2. The minimum Gasteiger partial charge on any atom is -0.270 e. The van der Waals surface area contributed by atoms with E-state index in [1.165, 1.54) is 10.7 Å². The standard InChI is InChI=1S/C6H6N4O2/c1-3-2-7-4-5(11)8-6(12)9-10(3)4/h2H,1H3,(H2,8,9,11,12). The minimum atomic E-state index is -0.534. The Balaban J connectivity index is 3.13. The van der Waals surface area contributed by atoms with Gasteiger partial charge in [-0.1, -0.05) is 0 Å². The van der Waals surface area contributed by atoms with E-state index in [2.05, 4.69) is 15.1 Å². The van der Waals surface area contributed by atoms with Gasteiger partial charge in [-0.15, -0.1) is 0 Å². The third kappa shape index (κ3) is 0.777. The van der Waals surface area contributed by atoms with E-state index in [0.29, 0.717) is 5.69 Å². The zero-order valence-corrected chi connectivity index (χ0v) is 6.29. The second-order valence-electron chi connectivity index (χ2n) is 2.45. The fourth-order valence-corrected chi connectivity index (χ4v) is 1.03. The highest BCUT2D eigenvalue weighted by atomic mass is 16.2. The summed E-state index contributed by atoms with van der Waals surface area (Å²) < 4.78 is 1.35. The van der Waals surface area contributed by atoms with Crippen molar-refractivity contribution in [1.29, 1.82) is 0 Å². The first-order valence-electron chi connectivity index (χ1n) is 3.35. The second kappa shape index (κ2) is 2.07. The monoisotopic (exact) mass is 166 g/mol. The zero-order chi connectivity index (χ0) is 8.72. The maximum Gasteiger partial charge on any atom is 0.340 e. The summed E-state index contributed by atoms with van der Waals surface area (Å²) in [5.74, 6) is 0. The number of imidazole rings is 1. The Labute approximate surface area is 65.9 Å². The summed E-state index contributed by atoms with van der Waals surface area (Å²) >= 11 is 0. The molecule has 0 aliphatic heterocycles. The van der Waals surface area contributed by atoms with E-state index in [1.54, 1.807) is 6.92 Å². The van der Waals surface area contributed by atoms with Gasteiger partial charge in [-0.3, -0.25) is 9.78 Å². The van der Waals surface area contributed by atoms with Gasteiger partial charge in [0, 0.05) is 0 Å². The quantitative estimate of drug-likeness (QED) is 0.527. The van der Waals surface area contributed by atoms with Gasteiger partial charge in [-0.2, -0.15) is 0 Å². The van der Waals surface area contributed by atoms with Gasteiger partial charge >= 0.3 is 5.69 Å². The molecule has 0 saturated heterocycles. The van der Waals surface area contributed by atoms with E-state index in [4.69, 9.17) is 0 Å². The molecule has 0 unspecified atom stereocenters. The van der Waals surface area contributed by atoms with Crippen LogP contribution in [-0.2, 0) is 0 Å². The SMILES string of the molecule is Cc1cnc2c(=O)[nH]c(=O)[nH]n12. The van der Waals surface area contributed by atoms with E-state index >= 15 is 0 Å². The van der Waals surface area contributed by atoms with E-state index < -0.39 is 11.2 Å². The van der Waals surface area contributed by atoms with Crippen LogP contribution in [-0.4, -0.2) is 19.6 Å². The number of aromatic nitrogens is 4. The summed E-state index contributed by atoms with van der Waals surface area (Å²) in [6.07, 6.45) is 1.51. The lowest BCUT2D eigenvalue weighted by molar-refractivity contribution is 0.818. The molecule has 0 spiro atoms. The molecule has 0 radical (unpaired) electrons. The number of hydrogen-bond donors (Lipinski definition) is 2. The lowest BCUT2D eigenvalue weighted by atomic mass is 10.6. The maximum absolute atomic E-state index is 11.1. The van der Waals surface area contributed by atoms with Crippen LogP contribution in [0.25, 0.3) is 5.65 Å². The Morgan fingerprint density at radius 2 is 2.25 bits per heavy atom. The number of fused-ring (bicyclic) bond motifs is 1. The van der Waals surface area contributed by atoms with Crippen LogP contribution in [0.1, 0.15) is 5.69 Å². The average Bonchev–Trinajstić information content (AvgIpc) is 2.33. The van der Waals surface area contributed by atoms with Gasteiger partial charge in [0.2, 0.25) is 5.65 Å². The highest BCUT2D eigenvalue weighted by Gasteiger charge is 2.02. The Bertz CT molecular complexity index is 532. The average molecular weight is 166 g/mol. The van der Waals surface area contributed by atoms with Crippen molar-refractivity contribution in [1.82, 2.24) is 19.6 Å². The fourth-order valence-electron chi connectivity index (χ4n) is 1.03. The summed E-state index contributed by atoms with van der Waals surface area (Å²) in [6, 6.07) is 0. The summed E-state index contributed by atoms with van der Waals surface area (Å²) in [7, 11) is 0. The van der Waals surface area contributed by atoms with Gasteiger partial charge in [0.1, 0.15) is 0 Å². The van der Waals surface area contributed by atoms with Crippen molar-refractivity contribution in [2.45, 2.75) is 6.92 Å². The molecular weight excluding hydrogens is 160 g/mol. The predicted octanol–water partition coefficient (Wildman–Crippen LogP) is -0.981. The molecule has 62 valence electrons. The van der Waals surface area contributed by atoms with Crippen LogP contribution in [0.5, 0.6) is 0 Å². The number of nitrogens with one attached hydrogen (secondary N) is 2. The normalized spacial score (nSPS) is 10.8. The third-order valence-electron chi connectivity index (χ3n) is 1.58. The number of aryl methyl sites for hydroxylation is 1. The molecule has 2 rings (SSSR count). The molecule has 2 N–H and O–H groups in total. The fraction of sp³-hybridized carbons (Fsp3) is 0.167. The summed E-state index contributed by atoms with van der Waals surface area (Å²) in [4.78, 5) is 27.7. The number of H-pyrrole nitrogens is 2. The molecule has 0 atom stereocenters. The molecule has 0 amide bonds. The molecule has 12 heavy (non-hydrogen) atoms. The van der Waals surface area contributed by atoms with Gasteiger partial charge in [0.05, 0.1) is 11.9 Å². The Hall–Kier alpha value is -1.85. The van der Waals surface area contributed by atoms with Crippen LogP contribution in [0.3, 0.4) is 0 Å². The van der Waals surface area contributed by atoms with Crippen molar-refractivity contribution in [3.63, 3.8) is 0 Å². The molecule has 0 saturated carbocycles. The van der Waals surface area contributed by atoms with Gasteiger partial charge in [-0.25, -0.2) is 19.4 Å². The van der Waals surface area contributed by atoms with E-state index in [9.17, 15) is 9.59 Å². The topological polar surface area (TPSA) is 83.0 Å². The number of rotatable bonds is 0. The largest absolute Gasteiger partial charge is 0.340 e. The van der Waals surface area contributed by atoms with Crippen molar-refractivity contribution in [3.8, 4) is 0 Å². The van der Waals surface area contributed by atoms with Crippen LogP contribution in [0, 0.1) is 6.92 Å². The van der Waals surface area contributed by atoms with Crippen molar-refractivity contribution in [3.05, 3.63) is 32.7 Å². The van der Waals surface area contributed by atoms with Crippen LogP contribution in [0.4, 0.5) is 0 Å². The van der Waals surface area contributed by atoms with E-state index in [0.717, 1.165) is 0 Å². The molecule has 6 nitrogen and oxygen atoms in total. The maximum atomic E-state index is 11.1. The first-order chi connectivity index (χ1) is 5.68. The van der Waals surface area contributed by atoms with E-state index in [-0.39, 0.29) is 5.65 Å². The molecule has 2 aromatic rings. The molecule has 0 aliphatic rings. The van der Waals surface area contributed by atoms with Crippen LogP contribution >= 0.6 is 0 Å². The summed E-state index contributed by atoms with van der Waals surface area (Å²) in [5.41, 5.74) is -0.0965. The lowest BCUT2D eigenvalue weighted by Gasteiger charge is -1.92. The van der Waals surface area contributed by atoms with Crippen molar-refractivity contribution in [2.24, 2.45) is 0 Å². The zero-order valence-electron chi connectivity index (χ0n) is 6.29. The number of hydrogen-bond acceptors (Lipinski definition) is 3. The molecule has 0 fully saturated rings. The van der Waals surface area contributed by atoms with Gasteiger partial charge < -0.3 is 0 Å². The van der Waals surface area contributed by atoms with Gasteiger partial charge in [-0.05, 0) is 6.92 Å². The number of nitrogens with zero attached hydrogens (tertiary/aromatic N) is 2. The van der Waals surface area contributed by atoms with Crippen molar-refractivity contribution >= 4 is 5.65 Å². The van der Waals surface area contributed by atoms with Gasteiger partial charge in [0.25, 0.3) is 5.56 Å². The first-order valence-corrected chi connectivity index (χ1v) is 3.35. The molecule has 2 heterocycles. The summed E-state index contributed by atoms with van der Waals surface area (Å²) in [5, 5.41) is 2.42. The van der Waals surface area contributed by atoms with Crippen LogP contribution in [0.2, 0.25) is 0 Å². The van der Waals surface area contributed by atoms with Crippen LogP contribution < -0.4 is 11.2 Å². The minimum absolute atomic E-state index is 0.201. The van der Waals surface area contributed by atoms with Crippen LogP contribution in [0.15, 0.2) is 15.8 Å². The highest BCUT2D eigenvalue weighted by molar-refractivity contribution is 5.34. The first kappa shape index (κ1) is 6.84. The van der Waals surface area contributed by atoms with Crippen molar-refractivity contribution in [2.75, 3.05) is 0 Å². The van der Waals surface area contributed by atoms with E-state index in [1.807, 2.05) is 0 Å². The molecule has 0 aromatic carbocycles. The Kier molecular flexibility index (Phi) is 1.18. The second-order valence-corrected chi connectivity index (χ2v) is 2.45. The Morgan fingerprint density at radius 3 is 3.00 bits per heavy atom. The molecular formula is C6H6N4O2. The molecule has 0 aliphatic carbocycles. The van der Waals surface area contributed by atoms with Gasteiger partial charge in [0.15, 0.2) is 0 Å². The molecule has 0 bridgehead atoms. The highest BCUT2D eigenvalue weighted by Crippen LogP contribution is 1.94. The van der Waals surface area contributed by atoms with Crippen molar-refractivity contribution < 1.29 is 0 Å². The third-order valence-corrected chi connectivity index (χ3v) is 1.58. The smallest absolute Gasteiger partial charge is 0.270 e.